The van der Waals surface area contributed by atoms with Crippen LogP contribution in [-0.2, 0) is 4.74 Å². The van der Waals surface area contributed by atoms with Crippen LogP contribution in [0.3, 0.4) is 0 Å². The van der Waals surface area contributed by atoms with E-state index in [1.54, 1.807) is 0 Å². The normalized spacial score (nSPS) is 13.1. The monoisotopic (exact) mass is 290 g/mol. The molecule has 0 fully saturated rings. The maximum atomic E-state index is 5.74. The fraction of sp³-hybridized carbons (Fsp3) is 0.500. The minimum absolute atomic E-state index is 0.569. The van der Waals surface area contributed by atoms with Crippen LogP contribution in [0.1, 0.15) is 41.5 Å². The molecule has 0 aliphatic heterocycles. The second kappa shape index (κ2) is 11.0. The predicted octanol–water partition coefficient (Wildman–Crippen LogP) is 4.70. The highest BCUT2D eigenvalue weighted by Gasteiger charge is 1.98. The first-order valence-corrected chi connectivity index (χ1v) is 7.45. The summed E-state index contributed by atoms with van der Waals surface area (Å²) in [5.41, 5.74) is 3.32. The Labute approximate surface area is 130 Å². The largest absolute Gasteiger partial charge is 0.490 e. The van der Waals surface area contributed by atoms with Gasteiger partial charge in [0.15, 0.2) is 0 Å². The summed E-state index contributed by atoms with van der Waals surface area (Å²) in [6, 6.07) is 0. The maximum Gasteiger partial charge on any atom is 0.115 e. The van der Waals surface area contributed by atoms with E-state index in [1.807, 2.05) is 50.4 Å². The molecule has 0 aromatic rings. The molecule has 0 aromatic carbocycles. The standard InChI is InChI=1S/C18H30N2O/c1-8-11-17(9-2)21-13-16(6)12-18(15(4)5)19-14-20(7)10-3/h8-9,11-12,14H,10,13H2,1-7H3/b11-8-,16-12-,17-9+,19-14+. The van der Waals surface area contributed by atoms with E-state index >= 15 is 0 Å². The lowest BCUT2D eigenvalue weighted by atomic mass is 10.2. The minimum Gasteiger partial charge on any atom is -0.490 e. The summed E-state index contributed by atoms with van der Waals surface area (Å²) in [5.74, 6) is 0.887. The van der Waals surface area contributed by atoms with Crippen LogP contribution in [0.5, 0.6) is 0 Å². The Kier molecular flexibility index (Phi) is 10.0. The molecular weight excluding hydrogens is 260 g/mol. The first-order chi connectivity index (χ1) is 9.94. The molecule has 0 radical (unpaired) electrons. The average molecular weight is 290 g/mol. The number of aliphatic imine (C=N–C) groups is 1. The molecule has 0 N–H and O–H groups in total. The molecule has 3 nitrogen and oxygen atoms in total. The lowest BCUT2D eigenvalue weighted by Gasteiger charge is -2.10. The predicted molar refractivity (Wildman–Crippen MR) is 93.5 cm³/mol. The zero-order chi connectivity index (χ0) is 16.3. The number of allylic oxidation sites excluding steroid dienone is 5. The zero-order valence-electron chi connectivity index (χ0n) is 14.6. The van der Waals surface area contributed by atoms with Crippen molar-refractivity contribution in [1.82, 2.24) is 4.90 Å². The lowest BCUT2D eigenvalue weighted by Crippen LogP contribution is -2.14. The van der Waals surface area contributed by atoms with E-state index in [4.69, 9.17) is 4.74 Å². The summed E-state index contributed by atoms with van der Waals surface area (Å²) in [4.78, 5) is 6.59. The molecular formula is C18H30N2O. The fourth-order valence-electron chi connectivity index (χ4n) is 1.42. The van der Waals surface area contributed by atoms with Crippen LogP contribution in [0.25, 0.3) is 0 Å². The van der Waals surface area contributed by atoms with Crippen LogP contribution < -0.4 is 0 Å². The van der Waals surface area contributed by atoms with Gasteiger partial charge in [-0.25, -0.2) is 4.99 Å². The molecule has 0 rings (SSSR count). The van der Waals surface area contributed by atoms with Crippen molar-refractivity contribution in [1.29, 1.82) is 0 Å². The van der Waals surface area contributed by atoms with Gasteiger partial charge in [-0.15, -0.1) is 0 Å². The fourth-order valence-corrected chi connectivity index (χ4v) is 1.42. The van der Waals surface area contributed by atoms with Crippen molar-refractivity contribution in [2.45, 2.75) is 41.5 Å². The van der Waals surface area contributed by atoms with Crippen LogP contribution in [-0.4, -0.2) is 31.4 Å². The Morgan fingerprint density at radius 3 is 2.33 bits per heavy atom. The third-order valence-electron chi connectivity index (χ3n) is 2.87. The summed E-state index contributed by atoms with van der Waals surface area (Å²) < 4.78 is 5.74. The first-order valence-electron chi connectivity index (χ1n) is 7.45. The van der Waals surface area contributed by atoms with Crippen molar-refractivity contribution in [3.63, 3.8) is 0 Å². The quantitative estimate of drug-likeness (QED) is 0.280. The Bertz CT molecular complexity index is 450. The van der Waals surface area contributed by atoms with Gasteiger partial charge in [-0.3, -0.25) is 0 Å². The van der Waals surface area contributed by atoms with Gasteiger partial charge in [-0.2, -0.15) is 0 Å². The van der Waals surface area contributed by atoms with Crippen LogP contribution in [0, 0.1) is 0 Å². The Morgan fingerprint density at radius 1 is 1.19 bits per heavy atom. The highest BCUT2D eigenvalue weighted by molar-refractivity contribution is 5.57. The molecule has 0 aliphatic rings. The van der Waals surface area contributed by atoms with Gasteiger partial charge in [-0.1, -0.05) is 11.6 Å². The molecule has 118 valence electrons. The molecule has 3 heteroatoms. The highest BCUT2D eigenvalue weighted by Crippen LogP contribution is 2.11. The molecule has 0 aromatic heterocycles. The summed E-state index contributed by atoms with van der Waals surface area (Å²) in [6.45, 7) is 13.8. The summed E-state index contributed by atoms with van der Waals surface area (Å²) in [6.07, 6.45) is 9.84. The van der Waals surface area contributed by atoms with E-state index in [0.717, 1.165) is 23.6 Å². The van der Waals surface area contributed by atoms with Crippen LogP contribution in [0.15, 0.2) is 51.9 Å². The first kappa shape index (κ1) is 19.2. The molecule has 0 saturated carbocycles. The summed E-state index contributed by atoms with van der Waals surface area (Å²) in [7, 11) is 2.02. The van der Waals surface area contributed by atoms with Gasteiger partial charge < -0.3 is 9.64 Å². The van der Waals surface area contributed by atoms with E-state index in [0.29, 0.717) is 6.61 Å². The van der Waals surface area contributed by atoms with E-state index in [1.165, 1.54) is 5.57 Å². The number of hydrogen-bond acceptors (Lipinski definition) is 2. The van der Waals surface area contributed by atoms with E-state index < -0.39 is 0 Å². The average Bonchev–Trinajstić information content (AvgIpc) is 2.46. The van der Waals surface area contributed by atoms with Crippen molar-refractivity contribution in [2.24, 2.45) is 4.99 Å². The SMILES string of the molecule is C/C=C\C(=C/C)OC/C(C)=C\C(/N=C/N(C)CC)=C(C)C. The van der Waals surface area contributed by atoms with Crippen molar-refractivity contribution in [2.75, 3.05) is 20.2 Å². The van der Waals surface area contributed by atoms with E-state index in [9.17, 15) is 0 Å². The molecule has 21 heavy (non-hydrogen) atoms. The number of ether oxygens (including phenoxy) is 1. The Balaban J connectivity index is 4.84. The van der Waals surface area contributed by atoms with Gasteiger partial charge in [0.1, 0.15) is 12.4 Å². The lowest BCUT2D eigenvalue weighted by molar-refractivity contribution is 0.252. The summed E-state index contributed by atoms with van der Waals surface area (Å²) >= 11 is 0. The Morgan fingerprint density at radius 2 is 1.86 bits per heavy atom. The number of rotatable bonds is 8. The van der Waals surface area contributed by atoms with Gasteiger partial charge in [0.2, 0.25) is 0 Å². The smallest absolute Gasteiger partial charge is 0.115 e. The third-order valence-corrected chi connectivity index (χ3v) is 2.87. The van der Waals surface area contributed by atoms with Gasteiger partial charge in [0.25, 0.3) is 0 Å². The van der Waals surface area contributed by atoms with E-state index in [2.05, 4.69) is 38.8 Å². The van der Waals surface area contributed by atoms with Crippen molar-refractivity contribution >= 4 is 6.34 Å². The van der Waals surface area contributed by atoms with Crippen LogP contribution >= 0.6 is 0 Å². The molecule has 0 bridgehead atoms. The summed E-state index contributed by atoms with van der Waals surface area (Å²) in [5, 5.41) is 0. The molecule has 0 unspecified atom stereocenters. The van der Waals surface area contributed by atoms with Crippen molar-refractivity contribution in [3.8, 4) is 0 Å². The zero-order valence-corrected chi connectivity index (χ0v) is 14.6. The van der Waals surface area contributed by atoms with Gasteiger partial charge in [0.05, 0.1) is 12.0 Å². The molecule has 0 heterocycles. The second-order valence-corrected chi connectivity index (χ2v) is 5.17. The second-order valence-electron chi connectivity index (χ2n) is 5.17. The molecule has 0 atom stereocenters. The number of hydrogen-bond donors (Lipinski definition) is 0. The molecule has 0 spiro atoms. The Hall–Kier alpha value is -1.77. The minimum atomic E-state index is 0.569. The van der Waals surface area contributed by atoms with Crippen LogP contribution in [0.4, 0.5) is 0 Å². The molecule has 0 amide bonds. The number of nitrogens with zero attached hydrogens (tertiary/aromatic N) is 2. The highest BCUT2D eigenvalue weighted by atomic mass is 16.5. The van der Waals surface area contributed by atoms with Gasteiger partial charge >= 0.3 is 0 Å². The molecule has 0 saturated heterocycles. The van der Waals surface area contributed by atoms with Gasteiger partial charge in [0, 0.05) is 13.6 Å². The van der Waals surface area contributed by atoms with Crippen LogP contribution in [0.2, 0.25) is 0 Å². The molecule has 0 aliphatic carbocycles. The van der Waals surface area contributed by atoms with E-state index in [-0.39, 0.29) is 0 Å². The van der Waals surface area contributed by atoms with Crippen molar-refractivity contribution in [3.05, 3.63) is 46.9 Å². The third kappa shape index (κ3) is 8.90. The topological polar surface area (TPSA) is 24.8 Å². The van der Waals surface area contributed by atoms with Crippen molar-refractivity contribution < 1.29 is 4.74 Å². The maximum absolute atomic E-state index is 5.74. The van der Waals surface area contributed by atoms with Gasteiger partial charge in [-0.05, 0) is 65.3 Å².